The van der Waals surface area contributed by atoms with Crippen LogP contribution >= 0.6 is 15.9 Å². The van der Waals surface area contributed by atoms with E-state index in [1.54, 1.807) is 18.3 Å². The predicted molar refractivity (Wildman–Crippen MR) is 76.1 cm³/mol. The number of sulfonamides is 1. The average Bonchev–Trinajstić information content (AvgIpc) is 2.35. The highest BCUT2D eigenvalue weighted by Crippen LogP contribution is 2.22. The lowest BCUT2D eigenvalue weighted by Crippen LogP contribution is -2.16. The lowest BCUT2D eigenvalue weighted by Gasteiger charge is -2.09. The van der Waals surface area contributed by atoms with Crippen molar-refractivity contribution in [2.75, 3.05) is 10.5 Å². The summed E-state index contributed by atoms with van der Waals surface area (Å²) in [5.41, 5.74) is 6.52. The van der Waals surface area contributed by atoms with Gasteiger partial charge in [0.05, 0.1) is 0 Å². The standard InChI is InChI=1S/C11H11BrN4O2S/c1-7-2-3-10(14-5-7)16-19(17,18)9-4-8(12)6-15-11(9)13/h2-6H,1H3,(H2,13,15)(H,14,16). The number of nitrogens with zero attached hydrogens (tertiary/aromatic N) is 2. The molecule has 2 rings (SSSR count). The molecule has 0 amide bonds. The topological polar surface area (TPSA) is 98.0 Å². The van der Waals surface area contributed by atoms with Crippen LogP contribution in [0.2, 0.25) is 0 Å². The first-order valence-electron chi connectivity index (χ1n) is 5.25. The highest BCUT2D eigenvalue weighted by Gasteiger charge is 2.19. The largest absolute Gasteiger partial charge is 0.383 e. The van der Waals surface area contributed by atoms with Gasteiger partial charge in [-0.15, -0.1) is 0 Å². The van der Waals surface area contributed by atoms with Gasteiger partial charge < -0.3 is 5.73 Å². The molecule has 2 aromatic rings. The van der Waals surface area contributed by atoms with Crippen LogP contribution < -0.4 is 10.5 Å². The Morgan fingerprint density at radius 3 is 2.63 bits per heavy atom. The Morgan fingerprint density at radius 2 is 2.00 bits per heavy atom. The van der Waals surface area contributed by atoms with Crippen LogP contribution in [-0.2, 0) is 10.0 Å². The first kappa shape index (κ1) is 13.8. The Kier molecular flexibility index (Phi) is 3.72. The van der Waals surface area contributed by atoms with Crippen molar-refractivity contribution in [3.8, 4) is 0 Å². The van der Waals surface area contributed by atoms with Crippen molar-refractivity contribution in [3.05, 3.63) is 40.6 Å². The van der Waals surface area contributed by atoms with E-state index in [9.17, 15) is 8.42 Å². The third kappa shape index (κ3) is 3.21. The molecule has 8 heteroatoms. The third-order valence-electron chi connectivity index (χ3n) is 2.29. The molecule has 0 saturated heterocycles. The third-order valence-corrected chi connectivity index (χ3v) is 4.11. The van der Waals surface area contributed by atoms with E-state index in [1.165, 1.54) is 12.3 Å². The Morgan fingerprint density at radius 1 is 1.26 bits per heavy atom. The molecule has 0 spiro atoms. The summed E-state index contributed by atoms with van der Waals surface area (Å²) in [6.45, 7) is 1.86. The number of rotatable bonds is 3. The molecule has 2 aromatic heterocycles. The SMILES string of the molecule is Cc1ccc(NS(=O)(=O)c2cc(Br)cnc2N)nc1. The molecule has 0 bridgehead atoms. The van der Waals surface area contributed by atoms with E-state index in [-0.39, 0.29) is 16.5 Å². The maximum atomic E-state index is 12.2. The van der Waals surface area contributed by atoms with Gasteiger partial charge in [0.2, 0.25) is 0 Å². The van der Waals surface area contributed by atoms with E-state index in [0.717, 1.165) is 5.56 Å². The Bertz CT molecular complexity index is 701. The van der Waals surface area contributed by atoms with Crippen molar-refractivity contribution < 1.29 is 8.42 Å². The van der Waals surface area contributed by atoms with Gasteiger partial charge in [0.15, 0.2) is 0 Å². The van der Waals surface area contributed by atoms with E-state index in [2.05, 4.69) is 30.6 Å². The molecule has 0 radical (unpaired) electrons. The molecule has 0 aromatic carbocycles. The Balaban J connectivity index is 2.37. The number of nitrogens with one attached hydrogen (secondary N) is 1. The van der Waals surface area contributed by atoms with E-state index in [0.29, 0.717) is 4.47 Å². The van der Waals surface area contributed by atoms with Crippen molar-refractivity contribution in [1.29, 1.82) is 0 Å². The van der Waals surface area contributed by atoms with Crippen LogP contribution in [0, 0.1) is 6.92 Å². The monoisotopic (exact) mass is 342 g/mol. The van der Waals surface area contributed by atoms with Gasteiger partial charge in [-0.3, -0.25) is 4.72 Å². The van der Waals surface area contributed by atoms with Gasteiger partial charge in [0, 0.05) is 16.9 Å². The molecule has 0 fully saturated rings. The number of halogens is 1. The van der Waals surface area contributed by atoms with Gasteiger partial charge >= 0.3 is 0 Å². The zero-order valence-corrected chi connectivity index (χ0v) is 12.4. The van der Waals surface area contributed by atoms with Crippen molar-refractivity contribution in [2.24, 2.45) is 0 Å². The van der Waals surface area contributed by atoms with Crippen LogP contribution in [0.4, 0.5) is 11.6 Å². The lowest BCUT2D eigenvalue weighted by molar-refractivity contribution is 0.601. The number of hydrogen-bond donors (Lipinski definition) is 2. The molecule has 0 aliphatic rings. The average molecular weight is 343 g/mol. The molecule has 3 N–H and O–H groups in total. The minimum absolute atomic E-state index is 0.0668. The number of aryl methyl sites for hydroxylation is 1. The predicted octanol–water partition coefficient (Wildman–Crippen LogP) is 1.93. The summed E-state index contributed by atoms with van der Waals surface area (Å²) in [6, 6.07) is 4.72. The van der Waals surface area contributed by atoms with Gasteiger partial charge in [-0.25, -0.2) is 18.4 Å². The molecule has 0 aliphatic heterocycles. The van der Waals surface area contributed by atoms with Crippen molar-refractivity contribution in [1.82, 2.24) is 9.97 Å². The molecule has 0 saturated carbocycles. The summed E-state index contributed by atoms with van der Waals surface area (Å²) in [7, 11) is -3.81. The quantitative estimate of drug-likeness (QED) is 0.887. The van der Waals surface area contributed by atoms with Crippen LogP contribution in [0.5, 0.6) is 0 Å². The molecule has 0 aliphatic carbocycles. The summed E-state index contributed by atoms with van der Waals surface area (Å²) in [5, 5.41) is 0. The second-order valence-corrected chi connectivity index (χ2v) is 6.43. The molecule has 19 heavy (non-hydrogen) atoms. The van der Waals surface area contributed by atoms with Gasteiger partial charge in [-0.05, 0) is 40.5 Å². The van der Waals surface area contributed by atoms with Crippen LogP contribution in [0.1, 0.15) is 5.56 Å². The fourth-order valence-corrected chi connectivity index (χ4v) is 2.97. The first-order valence-corrected chi connectivity index (χ1v) is 7.52. The van der Waals surface area contributed by atoms with Crippen LogP contribution in [0.15, 0.2) is 40.0 Å². The molecule has 0 unspecified atom stereocenters. The zero-order valence-electron chi connectivity index (χ0n) is 9.96. The lowest BCUT2D eigenvalue weighted by atomic mass is 10.3. The number of aromatic nitrogens is 2. The van der Waals surface area contributed by atoms with Crippen LogP contribution in [0.3, 0.4) is 0 Å². The highest BCUT2D eigenvalue weighted by molar-refractivity contribution is 9.10. The molecule has 0 atom stereocenters. The minimum atomic E-state index is -3.81. The van der Waals surface area contributed by atoms with Gasteiger partial charge in [0.1, 0.15) is 16.5 Å². The van der Waals surface area contributed by atoms with Crippen LogP contribution in [0.25, 0.3) is 0 Å². The summed E-state index contributed by atoms with van der Waals surface area (Å²) in [4.78, 5) is 7.68. The summed E-state index contributed by atoms with van der Waals surface area (Å²) >= 11 is 3.16. The maximum Gasteiger partial charge on any atom is 0.266 e. The van der Waals surface area contributed by atoms with Crippen molar-refractivity contribution in [2.45, 2.75) is 11.8 Å². The normalized spacial score (nSPS) is 11.3. The minimum Gasteiger partial charge on any atom is -0.383 e. The molecule has 2 heterocycles. The fraction of sp³-hybridized carbons (Fsp3) is 0.0909. The second-order valence-electron chi connectivity index (χ2n) is 3.86. The van der Waals surface area contributed by atoms with Crippen LogP contribution in [-0.4, -0.2) is 18.4 Å². The molecular formula is C11H11BrN4O2S. The number of anilines is 2. The first-order chi connectivity index (χ1) is 8.88. The van der Waals surface area contributed by atoms with E-state index >= 15 is 0 Å². The fourth-order valence-electron chi connectivity index (χ4n) is 1.37. The Labute approximate surface area is 119 Å². The Hall–Kier alpha value is -1.67. The molecule has 6 nitrogen and oxygen atoms in total. The van der Waals surface area contributed by atoms with Gasteiger partial charge in [-0.1, -0.05) is 6.07 Å². The van der Waals surface area contributed by atoms with Crippen molar-refractivity contribution in [3.63, 3.8) is 0 Å². The second kappa shape index (κ2) is 5.14. The zero-order chi connectivity index (χ0) is 14.0. The smallest absolute Gasteiger partial charge is 0.266 e. The molecule has 100 valence electrons. The number of hydrogen-bond acceptors (Lipinski definition) is 5. The molecular weight excluding hydrogens is 332 g/mol. The maximum absolute atomic E-state index is 12.2. The summed E-state index contributed by atoms with van der Waals surface area (Å²) < 4.78 is 27.2. The van der Waals surface area contributed by atoms with Gasteiger partial charge in [-0.2, -0.15) is 0 Å². The highest BCUT2D eigenvalue weighted by atomic mass is 79.9. The number of nitrogens with two attached hydrogens (primary N) is 1. The summed E-state index contributed by atoms with van der Waals surface area (Å²) in [5.74, 6) is 0.160. The number of nitrogen functional groups attached to an aromatic ring is 1. The van der Waals surface area contributed by atoms with E-state index < -0.39 is 10.0 Å². The van der Waals surface area contributed by atoms with E-state index in [4.69, 9.17) is 5.73 Å². The van der Waals surface area contributed by atoms with Gasteiger partial charge in [0.25, 0.3) is 10.0 Å². The number of pyridine rings is 2. The van der Waals surface area contributed by atoms with E-state index in [1.807, 2.05) is 6.92 Å². The van der Waals surface area contributed by atoms with Crippen molar-refractivity contribution >= 4 is 37.6 Å². The summed E-state index contributed by atoms with van der Waals surface area (Å²) in [6.07, 6.45) is 3.00.